The molecule has 0 aromatic carbocycles. The lowest BCUT2D eigenvalue weighted by Gasteiger charge is -2.31. The molecule has 1 aliphatic heterocycles. The summed E-state index contributed by atoms with van der Waals surface area (Å²) in [7, 11) is 3.47. The van der Waals surface area contributed by atoms with Crippen LogP contribution < -0.4 is 0 Å². The average molecular weight is 315 g/mol. The second-order valence-electron chi connectivity index (χ2n) is 4.47. The van der Waals surface area contributed by atoms with E-state index in [0.717, 1.165) is 15.9 Å². The highest BCUT2D eigenvalue weighted by molar-refractivity contribution is 9.10. The van der Waals surface area contributed by atoms with Crippen molar-refractivity contribution in [1.82, 2.24) is 19.6 Å². The monoisotopic (exact) mass is 314 g/mol. The number of nitrogens with zero attached hydrogens (tertiary/aromatic N) is 4. The molecule has 1 fully saturated rings. The van der Waals surface area contributed by atoms with Gasteiger partial charge in [-0.05, 0) is 22.9 Å². The molecule has 2 rings (SSSR count). The highest BCUT2D eigenvalue weighted by Crippen LogP contribution is 2.22. The first-order valence-electron chi connectivity index (χ1n) is 5.60. The van der Waals surface area contributed by atoms with Crippen molar-refractivity contribution in [1.29, 1.82) is 0 Å². The number of carbonyl (C=O) groups excluding carboxylic acids is 2. The molecule has 6 nitrogen and oxygen atoms in total. The maximum absolute atomic E-state index is 11.9. The van der Waals surface area contributed by atoms with Gasteiger partial charge >= 0.3 is 0 Å². The Morgan fingerprint density at radius 1 is 1.22 bits per heavy atom. The van der Waals surface area contributed by atoms with Gasteiger partial charge in [-0.2, -0.15) is 5.10 Å². The van der Waals surface area contributed by atoms with Crippen molar-refractivity contribution < 1.29 is 9.59 Å². The summed E-state index contributed by atoms with van der Waals surface area (Å²) in [4.78, 5) is 26.5. The minimum absolute atomic E-state index is 0.0374. The van der Waals surface area contributed by atoms with Crippen LogP contribution in [0.5, 0.6) is 0 Å². The van der Waals surface area contributed by atoms with E-state index in [1.807, 2.05) is 14.0 Å². The van der Waals surface area contributed by atoms with Crippen molar-refractivity contribution in [3.8, 4) is 0 Å². The maximum Gasteiger partial charge on any atom is 0.243 e. The highest BCUT2D eigenvalue weighted by atomic mass is 79.9. The molecule has 1 aromatic heterocycles. The van der Waals surface area contributed by atoms with Crippen molar-refractivity contribution in [2.45, 2.75) is 13.5 Å². The fourth-order valence-electron chi connectivity index (χ4n) is 1.94. The highest BCUT2D eigenvalue weighted by Gasteiger charge is 2.28. The molecule has 2 amide bonds. The lowest BCUT2D eigenvalue weighted by atomic mass is 10.2. The van der Waals surface area contributed by atoms with Gasteiger partial charge in [-0.3, -0.25) is 14.3 Å². The van der Waals surface area contributed by atoms with Gasteiger partial charge in [-0.1, -0.05) is 0 Å². The average Bonchev–Trinajstić information content (AvgIpc) is 2.52. The van der Waals surface area contributed by atoms with Crippen molar-refractivity contribution in [3.63, 3.8) is 0 Å². The molecule has 0 radical (unpaired) electrons. The van der Waals surface area contributed by atoms with E-state index in [1.54, 1.807) is 16.6 Å². The topological polar surface area (TPSA) is 58.4 Å². The molecule has 0 saturated carbocycles. The Bertz CT molecular complexity index is 511. The van der Waals surface area contributed by atoms with E-state index in [1.165, 1.54) is 4.90 Å². The van der Waals surface area contributed by atoms with Gasteiger partial charge in [0.25, 0.3) is 0 Å². The summed E-state index contributed by atoms with van der Waals surface area (Å²) in [6.45, 7) is 2.57. The van der Waals surface area contributed by atoms with E-state index in [2.05, 4.69) is 21.0 Å². The number of piperazine rings is 1. The number of hydrogen-bond donors (Lipinski definition) is 0. The summed E-state index contributed by atoms with van der Waals surface area (Å²) in [6, 6.07) is 0. The molecule has 0 unspecified atom stereocenters. The zero-order valence-electron chi connectivity index (χ0n) is 10.6. The molecule has 1 aromatic rings. The predicted molar refractivity (Wildman–Crippen MR) is 68.7 cm³/mol. The summed E-state index contributed by atoms with van der Waals surface area (Å²) in [5.41, 5.74) is 1.78. The number of hydrogen-bond acceptors (Lipinski definition) is 3. The third-order valence-electron chi connectivity index (χ3n) is 3.08. The van der Waals surface area contributed by atoms with E-state index in [9.17, 15) is 9.59 Å². The molecule has 0 N–H and O–H groups in total. The third-order valence-corrected chi connectivity index (χ3v) is 4.11. The van der Waals surface area contributed by atoms with Crippen LogP contribution in [-0.4, -0.2) is 51.5 Å². The second-order valence-corrected chi connectivity index (χ2v) is 5.26. The lowest BCUT2D eigenvalue weighted by molar-refractivity contribution is -0.149. The molecule has 0 bridgehead atoms. The number of rotatable bonds is 2. The molecule has 1 saturated heterocycles. The van der Waals surface area contributed by atoms with Crippen LogP contribution in [-0.2, 0) is 23.2 Å². The lowest BCUT2D eigenvalue weighted by Crippen LogP contribution is -2.51. The van der Waals surface area contributed by atoms with Gasteiger partial charge in [0.15, 0.2) is 0 Å². The van der Waals surface area contributed by atoms with E-state index in [-0.39, 0.29) is 24.9 Å². The molecule has 0 atom stereocenters. The number of aromatic nitrogens is 2. The molecule has 1 aliphatic rings. The standard InChI is InChI=1S/C11H15BrN4O2/c1-7-11(12)8(15(3)13-7)4-16-6-9(17)14(2)5-10(16)18/h4-6H2,1-3H3. The van der Waals surface area contributed by atoms with Crippen molar-refractivity contribution in [2.75, 3.05) is 20.1 Å². The van der Waals surface area contributed by atoms with Gasteiger partial charge in [-0.25, -0.2) is 0 Å². The van der Waals surface area contributed by atoms with Crippen molar-refractivity contribution in [3.05, 3.63) is 15.9 Å². The quantitative estimate of drug-likeness (QED) is 0.788. The number of likely N-dealkylation sites (N-methyl/N-ethyl adjacent to an activating group) is 1. The van der Waals surface area contributed by atoms with Gasteiger partial charge in [0.2, 0.25) is 11.8 Å². The summed E-state index contributed by atoms with van der Waals surface area (Å²) in [5, 5.41) is 4.27. The number of aryl methyl sites for hydroxylation is 2. The Morgan fingerprint density at radius 2 is 1.89 bits per heavy atom. The molecule has 0 spiro atoms. The molecule has 18 heavy (non-hydrogen) atoms. The minimum Gasteiger partial charge on any atom is -0.335 e. The number of halogens is 1. The predicted octanol–water partition coefficient (Wildman–Crippen LogP) is 0.292. The maximum atomic E-state index is 11.9. The molecule has 0 aliphatic carbocycles. The van der Waals surface area contributed by atoms with Crippen LogP contribution in [0.25, 0.3) is 0 Å². The summed E-state index contributed by atoms with van der Waals surface area (Å²) < 4.78 is 2.62. The molecule has 98 valence electrons. The zero-order valence-corrected chi connectivity index (χ0v) is 12.2. The van der Waals surface area contributed by atoms with Crippen LogP contribution in [0.1, 0.15) is 11.4 Å². The smallest absolute Gasteiger partial charge is 0.243 e. The van der Waals surface area contributed by atoms with Crippen LogP contribution in [0.4, 0.5) is 0 Å². The Kier molecular flexibility index (Phi) is 3.43. The largest absolute Gasteiger partial charge is 0.335 e. The normalized spacial score (nSPS) is 16.7. The van der Waals surface area contributed by atoms with E-state index >= 15 is 0 Å². The summed E-state index contributed by atoms with van der Waals surface area (Å²) >= 11 is 3.46. The van der Waals surface area contributed by atoms with Gasteiger partial charge in [0, 0.05) is 14.1 Å². The Labute approximate surface area is 114 Å². The fourth-order valence-corrected chi connectivity index (χ4v) is 2.40. The van der Waals surface area contributed by atoms with Crippen LogP contribution in [0.15, 0.2) is 4.47 Å². The SMILES string of the molecule is Cc1nn(C)c(CN2CC(=O)N(C)CC2=O)c1Br. The summed E-state index contributed by atoms with van der Waals surface area (Å²) in [6.07, 6.45) is 0. The third kappa shape index (κ3) is 2.27. The first-order valence-corrected chi connectivity index (χ1v) is 6.39. The van der Waals surface area contributed by atoms with Gasteiger partial charge in [0.05, 0.1) is 29.0 Å². The first-order chi connectivity index (χ1) is 8.40. The van der Waals surface area contributed by atoms with Crippen LogP contribution in [0, 0.1) is 6.92 Å². The number of carbonyl (C=O) groups is 2. The summed E-state index contributed by atoms with van der Waals surface area (Å²) in [5.74, 6) is -0.0764. The second kappa shape index (κ2) is 4.72. The Morgan fingerprint density at radius 3 is 2.44 bits per heavy atom. The van der Waals surface area contributed by atoms with Gasteiger partial charge in [0.1, 0.15) is 6.54 Å². The Balaban J connectivity index is 2.19. The van der Waals surface area contributed by atoms with Crippen LogP contribution >= 0.6 is 15.9 Å². The van der Waals surface area contributed by atoms with E-state index in [4.69, 9.17) is 0 Å². The number of amides is 2. The molecular formula is C11H15BrN4O2. The van der Waals surface area contributed by atoms with E-state index < -0.39 is 0 Å². The molecule has 7 heteroatoms. The zero-order chi connectivity index (χ0) is 13.4. The fraction of sp³-hybridized carbons (Fsp3) is 0.545. The first kappa shape index (κ1) is 13.1. The molecule has 2 heterocycles. The Hall–Kier alpha value is -1.37. The van der Waals surface area contributed by atoms with Gasteiger partial charge < -0.3 is 9.80 Å². The van der Waals surface area contributed by atoms with Crippen molar-refractivity contribution >= 4 is 27.7 Å². The molecular weight excluding hydrogens is 300 g/mol. The van der Waals surface area contributed by atoms with Crippen molar-refractivity contribution in [2.24, 2.45) is 7.05 Å². The van der Waals surface area contributed by atoms with Gasteiger partial charge in [-0.15, -0.1) is 0 Å². The van der Waals surface area contributed by atoms with Crippen LogP contribution in [0.2, 0.25) is 0 Å². The van der Waals surface area contributed by atoms with E-state index in [0.29, 0.717) is 6.54 Å². The van der Waals surface area contributed by atoms with Crippen LogP contribution in [0.3, 0.4) is 0 Å². The minimum atomic E-state index is -0.0390.